The van der Waals surface area contributed by atoms with Crippen molar-refractivity contribution >= 4 is 23.4 Å². The van der Waals surface area contributed by atoms with Crippen LogP contribution < -0.4 is 16.4 Å². The first kappa shape index (κ1) is 17.2. The van der Waals surface area contributed by atoms with Gasteiger partial charge < -0.3 is 16.4 Å². The van der Waals surface area contributed by atoms with Gasteiger partial charge in [0.25, 0.3) is 5.91 Å². The maximum absolute atomic E-state index is 12.2. The van der Waals surface area contributed by atoms with Crippen molar-refractivity contribution in [1.82, 2.24) is 5.32 Å². The highest BCUT2D eigenvalue weighted by Crippen LogP contribution is 2.12. The smallest absolute Gasteiger partial charge is 0.252 e. The summed E-state index contributed by atoms with van der Waals surface area (Å²) < 4.78 is 0. The molecule has 22 heavy (non-hydrogen) atoms. The van der Waals surface area contributed by atoms with Crippen LogP contribution in [0.5, 0.6) is 0 Å². The largest absolute Gasteiger partial charge is 0.368 e. The summed E-state index contributed by atoms with van der Waals surface area (Å²) in [5.41, 5.74) is 6.02. The van der Waals surface area contributed by atoms with Crippen molar-refractivity contribution in [3.63, 3.8) is 0 Å². The Kier molecular flexibility index (Phi) is 6.08. The molecule has 3 amide bonds. The minimum absolute atomic E-state index is 0.0970. The average molecular weight is 302 g/mol. The van der Waals surface area contributed by atoms with E-state index < -0.39 is 23.8 Å². The molecule has 2 atom stereocenters. The number of carbonyl (C=O) groups excluding carboxylic acids is 3. The molecular formula is C15H18N4O3. The molecule has 0 unspecified atom stereocenters. The molecule has 1 aromatic carbocycles. The summed E-state index contributed by atoms with van der Waals surface area (Å²) in [4.78, 5) is 34.6. The van der Waals surface area contributed by atoms with Crippen molar-refractivity contribution in [3.05, 3.63) is 29.8 Å². The monoisotopic (exact) mass is 302 g/mol. The van der Waals surface area contributed by atoms with Gasteiger partial charge in [-0.25, -0.2) is 0 Å². The van der Waals surface area contributed by atoms with E-state index in [0.29, 0.717) is 5.69 Å². The van der Waals surface area contributed by atoms with E-state index in [0.717, 1.165) is 0 Å². The van der Waals surface area contributed by atoms with Crippen LogP contribution in [0.3, 0.4) is 0 Å². The fourth-order valence-corrected chi connectivity index (χ4v) is 1.92. The Bertz CT molecular complexity index is 621. The lowest BCUT2D eigenvalue weighted by molar-refractivity contribution is -0.121. The van der Waals surface area contributed by atoms with E-state index in [4.69, 9.17) is 11.0 Å². The van der Waals surface area contributed by atoms with Crippen molar-refractivity contribution < 1.29 is 14.4 Å². The van der Waals surface area contributed by atoms with Crippen molar-refractivity contribution in [2.24, 2.45) is 11.7 Å². The predicted molar refractivity (Wildman–Crippen MR) is 80.6 cm³/mol. The summed E-state index contributed by atoms with van der Waals surface area (Å²) in [6.45, 7) is 3.02. The number of nitrogens with zero attached hydrogens (tertiary/aromatic N) is 1. The van der Waals surface area contributed by atoms with Crippen LogP contribution >= 0.6 is 0 Å². The van der Waals surface area contributed by atoms with Gasteiger partial charge in [0, 0.05) is 24.6 Å². The number of anilines is 1. The normalized spacial score (nSPS) is 12.6. The van der Waals surface area contributed by atoms with E-state index >= 15 is 0 Å². The van der Waals surface area contributed by atoms with Crippen LogP contribution in [0.15, 0.2) is 24.3 Å². The number of benzene rings is 1. The van der Waals surface area contributed by atoms with Gasteiger partial charge in [0.05, 0.1) is 6.07 Å². The van der Waals surface area contributed by atoms with Gasteiger partial charge in [0.2, 0.25) is 11.8 Å². The zero-order valence-corrected chi connectivity index (χ0v) is 12.4. The molecule has 0 fully saturated rings. The van der Waals surface area contributed by atoms with E-state index in [1.807, 2.05) is 6.07 Å². The van der Waals surface area contributed by atoms with Gasteiger partial charge in [0.15, 0.2) is 0 Å². The number of hydrogen-bond donors (Lipinski definition) is 3. The van der Waals surface area contributed by atoms with Gasteiger partial charge in [-0.1, -0.05) is 13.0 Å². The third-order valence-electron chi connectivity index (χ3n) is 3.02. The van der Waals surface area contributed by atoms with Crippen molar-refractivity contribution in [3.8, 4) is 6.07 Å². The first-order chi connectivity index (χ1) is 10.3. The van der Waals surface area contributed by atoms with Crippen LogP contribution in [0.25, 0.3) is 0 Å². The van der Waals surface area contributed by atoms with Gasteiger partial charge in [-0.3, -0.25) is 14.4 Å². The van der Waals surface area contributed by atoms with E-state index in [2.05, 4.69) is 10.6 Å². The van der Waals surface area contributed by atoms with Gasteiger partial charge in [-0.15, -0.1) is 0 Å². The molecule has 0 radical (unpaired) electrons. The molecule has 0 spiro atoms. The molecule has 1 aromatic rings. The molecule has 1 rings (SSSR count). The van der Waals surface area contributed by atoms with E-state index in [9.17, 15) is 14.4 Å². The van der Waals surface area contributed by atoms with Gasteiger partial charge in [-0.05, 0) is 24.1 Å². The van der Waals surface area contributed by atoms with E-state index in [1.54, 1.807) is 25.1 Å². The molecule has 0 aliphatic carbocycles. The fraction of sp³-hybridized carbons (Fsp3) is 0.333. The molecule has 116 valence electrons. The Balaban J connectivity index is 2.88. The number of hydrogen-bond acceptors (Lipinski definition) is 4. The Labute approximate surface area is 128 Å². The van der Waals surface area contributed by atoms with Crippen LogP contribution in [0.4, 0.5) is 5.69 Å². The molecule has 0 bridgehead atoms. The van der Waals surface area contributed by atoms with Crippen LogP contribution in [0.1, 0.15) is 30.6 Å². The molecule has 0 saturated heterocycles. The zero-order chi connectivity index (χ0) is 16.7. The number of nitrogens with two attached hydrogens (primary N) is 1. The average Bonchev–Trinajstić information content (AvgIpc) is 2.43. The van der Waals surface area contributed by atoms with Crippen molar-refractivity contribution in [2.45, 2.75) is 26.3 Å². The van der Waals surface area contributed by atoms with Gasteiger partial charge in [-0.2, -0.15) is 5.26 Å². The summed E-state index contributed by atoms with van der Waals surface area (Å²) in [7, 11) is 0. The Morgan fingerprint density at radius 3 is 2.59 bits per heavy atom. The SMILES string of the molecule is CC(=O)Nc1cccc(C(=O)N[C@H](C(N)=O)[C@H](C)CC#N)c1. The van der Waals surface area contributed by atoms with Crippen LogP contribution in [0.2, 0.25) is 0 Å². The topological polar surface area (TPSA) is 125 Å². The standard InChI is InChI=1S/C15H18N4O3/c1-9(6-7-16)13(14(17)21)19-15(22)11-4-3-5-12(8-11)18-10(2)20/h3-5,8-9,13H,6H2,1-2H3,(H2,17,21)(H,18,20)(H,19,22)/t9-,13+/m1/s1. The molecule has 0 aliphatic rings. The summed E-state index contributed by atoms with van der Waals surface area (Å²) in [5.74, 6) is -1.85. The molecular weight excluding hydrogens is 284 g/mol. The molecule has 7 nitrogen and oxygen atoms in total. The second-order valence-electron chi connectivity index (χ2n) is 4.96. The second-order valence-corrected chi connectivity index (χ2v) is 4.96. The molecule has 0 aromatic heterocycles. The van der Waals surface area contributed by atoms with Gasteiger partial charge >= 0.3 is 0 Å². The zero-order valence-electron chi connectivity index (χ0n) is 12.4. The summed E-state index contributed by atoms with van der Waals surface area (Å²) in [6.07, 6.45) is 0.0970. The highest BCUT2D eigenvalue weighted by molar-refractivity contribution is 5.99. The van der Waals surface area contributed by atoms with Crippen LogP contribution in [0, 0.1) is 17.2 Å². The Morgan fingerprint density at radius 1 is 1.36 bits per heavy atom. The maximum Gasteiger partial charge on any atom is 0.252 e. The lowest BCUT2D eigenvalue weighted by Gasteiger charge is -2.20. The first-order valence-electron chi connectivity index (χ1n) is 6.70. The molecule has 0 heterocycles. The highest BCUT2D eigenvalue weighted by atomic mass is 16.2. The van der Waals surface area contributed by atoms with E-state index in [-0.39, 0.29) is 17.9 Å². The van der Waals surface area contributed by atoms with Crippen LogP contribution in [-0.4, -0.2) is 23.8 Å². The number of amides is 3. The van der Waals surface area contributed by atoms with Crippen molar-refractivity contribution in [1.29, 1.82) is 5.26 Å². The van der Waals surface area contributed by atoms with Gasteiger partial charge in [0.1, 0.15) is 6.04 Å². The third-order valence-corrected chi connectivity index (χ3v) is 3.02. The summed E-state index contributed by atoms with van der Waals surface area (Å²) >= 11 is 0. The predicted octanol–water partition coefficient (Wildman–Crippen LogP) is 0.778. The second kappa shape index (κ2) is 7.78. The highest BCUT2D eigenvalue weighted by Gasteiger charge is 2.25. The number of primary amides is 1. The minimum atomic E-state index is -0.934. The van der Waals surface area contributed by atoms with Crippen LogP contribution in [-0.2, 0) is 9.59 Å². The number of nitriles is 1. The summed E-state index contributed by atoms with van der Waals surface area (Å²) in [5, 5.41) is 13.8. The lowest BCUT2D eigenvalue weighted by Crippen LogP contribution is -2.48. The number of rotatable bonds is 6. The third kappa shape index (κ3) is 4.90. The molecule has 4 N–H and O–H groups in total. The van der Waals surface area contributed by atoms with E-state index in [1.165, 1.54) is 13.0 Å². The summed E-state index contributed by atoms with van der Waals surface area (Å²) in [6, 6.07) is 7.30. The molecule has 7 heteroatoms. The lowest BCUT2D eigenvalue weighted by atomic mass is 9.98. The fourth-order valence-electron chi connectivity index (χ4n) is 1.92. The quantitative estimate of drug-likeness (QED) is 0.717. The maximum atomic E-state index is 12.2. The Morgan fingerprint density at radius 2 is 2.05 bits per heavy atom. The minimum Gasteiger partial charge on any atom is -0.368 e. The Hall–Kier alpha value is -2.88. The van der Waals surface area contributed by atoms with Crippen molar-refractivity contribution in [2.75, 3.05) is 5.32 Å². The number of carbonyl (C=O) groups is 3. The first-order valence-corrected chi connectivity index (χ1v) is 6.70. The molecule has 0 aliphatic heterocycles. The molecule has 0 saturated carbocycles. The number of nitrogens with one attached hydrogen (secondary N) is 2.